The minimum absolute atomic E-state index is 0.202. The molecule has 2 aromatic heterocycles. The average molecular weight is 371 g/mol. The third-order valence-corrected chi connectivity index (χ3v) is 3.44. The Balaban J connectivity index is 2.20. The third kappa shape index (κ3) is 4.58. The first-order chi connectivity index (χ1) is 12.1. The molecule has 0 radical (unpaired) electrons. The van der Waals surface area contributed by atoms with Crippen LogP contribution in [0.3, 0.4) is 0 Å². The summed E-state index contributed by atoms with van der Waals surface area (Å²) < 4.78 is 42.3. The maximum Gasteiger partial charge on any atom is 0.405 e. The van der Waals surface area contributed by atoms with Gasteiger partial charge in [-0.25, -0.2) is 9.78 Å². The van der Waals surface area contributed by atoms with Crippen LogP contribution in [0, 0.1) is 6.92 Å². The minimum atomic E-state index is -4.57. The Hall–Kier alpha value is -2.91. The number of aryl methyl sites for hydroxylation is 2. The molecule has 1 N–H and O–H groups in total. The molecule has 0 spiro atoms. The molecule has 0 aliphatic rings. The summed E-state index contributed by atoms with van der Waals surface area (Å²) in [6.07, 6.45) is -3.31. The summed E-state index contributed by atoms with van der Waals surface area (Å²) in [6.45, 7) is 1.50. The number of nitrogens with one attached hydrogen (secondary N) is 1. The summed E-state index contributed by atoms with van der Waals surface area (Å²) in [6, 6.07) is 3.14. The molecule has 10 heteroatoms. The van der Waals surface area contributed by atoms with Gasteiger partial charge in [0.05, 0.1) is 5.39 Å². The Morgan fingerprint density at radius 3 is 2.62 bits per heavy atom. The molecule has 2 aromatic rings. The van der Waals surface area contributed by atoms with E-state index in [4.69, 9.17) is 0 Å². The molecule has 26 heavy (non-hydrogen) atoms. The van der Waals surface area contributed by atoms with E-state index in [0.29, 0.717) is 17.9 Å². The molecule has 0 atom stereocenters. The van der Waals surface area contributed by atoms with Gasteiger partial charge in [0.2, 0.25) is 5.43 Å². The SMILES string of the molecule is CCn1cc(C(=O)OCC(=O)NCC(F)(F)F)c(=O)c2ccc(C)nc21. The summed E-state index contributed by atoms with van der Waals surface area (Å²) in [5.74, 6) is -2.22. The van der Waals surface area contributed by atoms with E-state index in [9.17, 15) is 27.6 Å². The van der Waals surface area contributed by atoms with E-state index in [-0.39, 0.29) is 10.9 Å². The van der Waals surface area contributed by atoms with E-state index in [1.165, 1.54) is 12.3 Å². The molecular formula is C16H16F3N3O4. The Kier molecular flexibility index (Phi) is 5.63. The van der Waals surface area contributed by atoms with Gasteiger partial charge in [0.25, 0.3) is 5.91 Å². The fraction of sp³-hybridized carbons (Fsp3) is 0.375. The number of fused-ring (bicyclic) bond motifs is 1. The fourth-order valence-electron chi connectivity index (χ4n) is 2.21. The predicted molar refractivity (Wildman–Crippen MR) is 85.8 cm³/mol. The van der Waals surface area contributed by atoms with Crippen molar-refractivity contribution in [2.24, 2.45) is 0 Å². The Labute approximate surface area is 145 Å². The lowest BCUT2D eigenvalue weighted by atomic mass is 10.2. The van der Waals surface area contributed by atoms with Crippen LogP contribution in [0.25, 0.3) is 11.0 Å². The Morgan fingerprint density at radius 2 is 2.00 bits per heavy atom. The van der Waals surface area contributed by atoms with Gasteiger partial charge in [0.1, 0.15) is 17.8 Å². The van der Waals surface area contributed by atoms with Crippen LogP contribution >= 0.6 is 0 Å². The highest BCUT2D eigenvalue weighted by Gasteiger charge is 2.28. The zero-order chi connectivity index (χ0) is 19.5. The number of esters is 1. The number of aromatic nitrogens is 2. The second-order valence-electron chi connectivity index (χ2n) is 5.45. The molecular weight excluding hydrogens is 355 g/mol. The zero-order valence-electron chi connectivity index (χ0n) is 14.0. The van der Waals surface area contributed by atoms with Crippen molar-refractivity contribution < 1.29 is 27.5 Å². The van der Waals surface area contributed by atoms with Crippen LogP contribution in [0.2, 0.25) is 0 Å². The number of rotatable bonds is 5. The van der Waals surface area contributed by atoms with E-state index in [2.05, 4.69) is 9.72 Å². The molecule has 2 heterocycles. The van der Waals surface area contributed by atoms with Crippen LogP contribution in [-0.2, 0) is 16.1 Å². The lowest BCUT2D eigenvalue weighted by Gasteiger charge is -2.11. The number of carbonyl (C=O) groups excluding carboxylic acids is 2. The van der Waals surface area contributed by atoms with Crippen LogP contribution in [0.15, 0.2) is 23.1 Å². The van der Waals surface area contributed by atoms with Gasteiger partial charge in [0, 0.05) is 18.4 Å². The first kappa shape index (κ1) is 19.4. The lowest BCUT2D eigenvalue weighted by Crippen LogP contribution is -2.36. The summed E-state index contributed by atoms with van der Waals surface area (Å²) in [5.41, 5.74) is 0.138. The molecule has 0 aliphatic carbocycles. The number of pyridine rings is 2. The van der Waals surface area contributed by atoms with Crippen molar-refractivity contribution in [1.82, 2.24) is 14.9 Å². The Morgan fingerprint density at radius 1 is 1.31 bits per heavy atom. The normalized spacial score (nSPS) is 11.4. The number of alkyl halides is 3. The molecule has 0 unspecified atom stereocenters. The van der Waals surface area contributed by atoms with E-state index in [1.807, 2.05) is 0 Å². The number of halogens is 3. The van der Waals surface area contributed by atoms with Gasteiger partial charge < -0.3 is 14.6 Å². The third-order valence-electron chi connectivity index (χ3n) is 3.44. The molecule has 0 saturated carbocycles. The Bertz CT molecular complexity index is 906. The molecule has 140 valence electrons. The maximum absolute atomic E-state index is 12.4. The van der Waals surface area contributed by atoms with Gasteiger partial charge in [-0.15, -0.1) is 0 Å². The van der Waals surface area contributed by atoms with E-state index in [0.717, 1.165) is 0 Å². The summed E-state index contributed by atoms with van der Waals surface area (Å²) in [5, 5.41) is 1.77. The maximum atomic E-state index is 12.4. The van der Waals surface area contributed by atoms with Gasteiger partial charge in [-0.2, -0.15) is 13.2 Å². The molecule has 0 bridgehead atoms. The van der Waals surface area contributed by atoms with Crippen molar-refractivity contribution in [3.8, 4) is 0 Å². The number of carbonyl (C=O) groups is 2. The zero-order valence-corrected chi connectivity index (χ0v) is 14.0. The molecule has 0 aliphatic heterocycles. The van der Waals surface area contributed by atoms with E-state index >= 15 is 0 Å². The van der Waals surface area contributed by atoms with E-state index in [1.54, 1.807) is 29.8 Å². The second-order valence-corrected chi connectivity index (χ2v) is 5.45. The predicted octanol–water partition coefficient (Wildman–Crippen LogP) is 1.56. The van der Waals surface area contributed by atoms with Crippen LogP contribution in [0.5, 0.6) is 0 Å². The van der Waals surface area contributed by atoms with Crippen molar-refractivity contribution in [3.63, 3.8) is 0 Å². The molecule has 0 saturated heterocycles. The van der Waals surface area contributed by atoms with Crippen LogP contribution < -0.4 is 10.7 Å². The van der Waals surface area contributed by atoms with Gasteiger partial charge in [0.15, 0.2) is 6.61 Å². The summed E-state index contributed by atoms with van der Waals surface area (Å²) in [4.78, 5) is 40.1. The highest BCUT2D eigenvalue weighted by Crippen LogP contribution is 2.13. The smallest absolute Gasteiger partial charge is 0.405 e. The summed E-state index contributed by atoms with van der Waals surface area (Å²) in [7, 11) is 0. The first-order valence-electron chi connectivity index (χ1n) is 7.63. The molecule has 0 aromatic carbocycles. The summed E-state index contributed by atoms with van der Waals surface area (Å²) >= 11 is 0. The molecule has 2 rings (SSSR count). The quantitative estimate of drug-likeness (QED) is 0.806. The second kappa shape index (κ2) is 7.54. The highest BCUT2D eigenvalue weighted by atomic mass is 19.4. The average Bonchev–Trinajstić information content (AvgIpc) is 2.57. The first-order valence-corrected chi connectivity index (χ1v) is 7.63. The molecule has 7 nitrogen and oxygen atoms in total. The number of hydrogen-bond acceptors (Lipinski definition) is 5. The van der Waals surface area contributed by atoms with Gasteiger partial charge in [-0.05, 0) is 26.0 Å². The van der Waals surface area contributed by atoms with E-state index < -0.39 is 36.6 Å². The van der Waals surface area contributed by atoms with Crippen molar-refractivity contribution in [1.29, 1.82) is 0 Å². The number of hydrogen-bond donors (Lipinski definition) is 1. The molecule has 0 fully saturated rings. The van der Waals surface area contributed by atoms with Gasteiger partial charge in [-0.3, -0.25) is 9.59 Å². The topological polar surface area (TPSA) is 90.3 Å². The van der Waals surface area contributed by atoms with Crippen molar-refractivity contribution in [3.05, 3.63) is 39.8 Å². The monoisotopic (exact) mass is 371 g/mol. The molecule has 1 amide bonds. The fourth-order valence-corrected chi connectivity index (χ4v) is 2.21. The van der Waals surface area contributed by atoms with Crippen LogP contribution in [-0.4, -0.2) is 40.8 Å². The number of nitrogens with zero attached hydrogens (tertiary/aromatic N) is 2. The van der Waals surface area contributed by atoms with Crippen molar-refractivity contribution >= 4 is 22.9 Å². The van der Waals surface area contributed by atoms with Crippen LogP contribution in [0.1, 0.15) is 23.0 Å². The van der Waals surface area contributed by atoms with Crippen molar-refractivity contribution in [2.45, 2.75) is 26.6 Å². The largest absolute Gasteiger partial charge is 0.452 e. The van der Waals surface area contributed by atoms with Gasteiger partial charge >= 0.3 is 12.1 Å². The standard InChI is InChI=1S/C16H16F3N3O4/c1-3-22-6-11(13(24)10-5-4-9(2)21-14(10)22)15(25)26-7-12(23)20-8-16(17,18)19/h4-6H,3,7-8H2,1-2H3,(H,20,23). The van der Waals surface area contributed by atoms with Crippen LogP contribution in [0.4, 0.5) is 13.2 Å². The minimum Gasteiger partial charge on any atom is -0.452 e. The highest BCUT2D eigenvalue weighted by molar-refractivity contribution is 5.94. The van der Waals surface area contributed by atoms with Crippen molar-refractivity contribution in [2.75, 3.05) is 13.2 Å². The number of ether oxygens (including phenoxy) is 1. The number of amides is 1. The van der Waals surface area contributed by atoms with Gasteiger partial charge in [-0.1, -0.05) is 0 Å². The lowest BCUT2D eigenvalue weighted by molar-refractivity contribution is -0.140.